The van der Waals surface area contributed by atoms with Gasteiger partial charge < -0.3 is 20.6 Å². The van der Waals surface area contributed by atoms with Crippen molar-refractivity contribution in [3.63, 3.8) is 0 Å². The van der Waals surface area contributed by atoms with Crippen LogP contribution in [-0.4, -0.2) is 35.1 Å². The van der Waals surface area contributed by atoms with Crippen molar-refractivity contribution in [2.75, 3.05) is 23.3 Å². The van der Waals surface area contributed by atoms with Gasteiger partial charge in [-0.1, -0.05) is 17.7 Å². The van der Waals surface area contributed by atoms with Crippen LogP contribution in [0, 0.1) is 5.82 Å². The third-order valence-corrected chi connectivity index (χ3v) is 5.46. The molecule has 1 fully saturated rings. The van der Waals surface area contributed by atoms with E-state index < -0.39 is 5.82 Å². The van der Waals surface area contributed by atoms with Gasteiger partial charge >= 0.3 is 0 Å². The zero-order valence-electron chi connectivity index (χ0n) is 16.7. The maximum Gasteiger partial charge on any atom is 0.257 e. The van der Waals surface area contributed by atoms with Gasteiger partial charge in [-0.05, 0) is 55.0 Å². The number of halogens is 2. The Bertz CT molecular complexity index is 1080. The average molecular weight is 441 g/mol. The first-order valence-corrected chi connectivity index (χ1v) is 10.3. The van der Waals surface area contributed by atoms with Crippen LogP contribution in [0.3, 0.4) is 0 Å². The van der Waals surface area contributed by atoms with Crippen molar-refractivity contribution in [1.29, 1.82) is 0 Å². The first-order valence-electron chi connectivity index (χ1n) is 9.96. The number of hydrogen-bond acceptors (Lipinski definition) is 5. The lowest BCUT2D eigenvalue weighted by atomic mass is 10.2. The Morgan fingerprint density at radius 1 is 1.23 bits per heavy atom. The number of rotatable bonds is 6. The van der Waals surface area contributed by atoms with E-state index in [9.17, 15) is 14.3 Å². The molecule has 0 aliphatic carbocycles. The molecule has 3 N–H and O–H groups in total. The number of phenolic OH excluding ortho intramolecular Hbond substituents is 1. The first kappa shape index (κ1) is 21.1. The van der Waals surface area contributed by atoms with Crippen molar-refractivity contribution in [1.82, 2.24) is 10.3 Å². The number of carbonyl (C=O) groups excluding carboxylic acids is 1. The van der Waals surface area contributed by atoms with Gasteiger partial charge in [0.1, 0.15) is 17.4 Å². The number of phenols is 1. The Balaban J connectivity index is 1.32. The smallest absolute Gasteiger partial charge is 0.257 e. The molecule has 2 heterocycles. The number of aromatic nitrogens is 1. The normalized spacial score (nSPS) is 15.8. The fourth-order valence-corrected chi connectivity index (χ4v) is 3.76. The van der Waals surface area contributed by atoms with E-state index in [-0.39, 0.29) is 17.7 Å². The summed E-state index contributed by atoms with van der Waals surface area (Å²) in [5.41, 5.74) is 1.56. The molecule has 4 rings (SSSR count). The molecule has 1 aliphatic heterocycles. The first-order chi connectivity index (χ1) is 15.0. The summed E-state index contributed by atoms with van der Waals surface area (Å²) in [4.78, 5) is 18.9. The Kier molecular flexibility index (Phi) is 6.34. The molecular weight excluding hydrogens is 419 g/mol. The summed E-state index contributed by atoms with van der Waals surface area (Å²) in [6.45, 7) is 2.13. The van der Waals surface area contributed by atoms with Gasteiger partial charge in [0.25, 0.3) is 5.91 Å². The van der Waals surface area contributed by atoms with E-state index in [1.54, 1.807) is 30.3 Å². The third kappa shape index (κ3) is 5.31. The van der Waals surface area contributed by atoms with Gasteiger partial charge in [0.2, 0.25) is 0 Å². The number of pyridine rings is 1. The van der Waals surface area contributed by atoms with Gasteiger partial charge in [-0.15, -0.1) is 0 Å². The molecule has 0 radical (unpaired) electrons. The lowest BCUT2D eigenvalue weighted by molar-refractivity contribution is 0.102. The molecule has 8 heteroatoms. The summed E-state index contributed by atoms with van der Waals surface area (Å²) >= 11 is 6.00. The molecule has 160 valence electrons. The van der Waals surface area contributed by atoms with Gasteiger partial charge in [-0.25, -0.2) is 9.37 Å². The molecule has 0 spiro atoms. The summed E-state index contributed by atoms with van der Waals surface area (Å²) in [7, 11) is 0. The SMILES string of the molecule is O=C(Nc1cccc(F)c1)c1ccc(N2CC[C@H](NCc3cc(Cl)ccc3O)C2)nc1. The third-order valence-electron chi connectivity index (χ3n) is 5.23. The van der Waals surface area contributed by atoms with Gasteiger partial charge in [-0.3, -0.25) is 4.79 Å². The second-order valence-corrected chi connectivity index (χ2v) is 7.89. The fourth-order valence-electron chi connectivity index (χ4n) is 3.56. The van der Waals surface area contributed by atoms with Crippen molar-refractivity contribution in [3.8, 4) is 5.75 Å². The van der Waals surface area contributed by atoms with Gasteiger partial charge in [0.15, 0.2) is 0 Å². The predicted molar refractivity (Wildman–Crippen MR) is 119 cm³/mol. The van der Waals surface area contributed by atoms with Gasteiger partial charge in [0, 0.05) is 48.1 Å². The Hall–Kier alpha value is -3.16. The van der Waals surface area contributed by atoms with E-state index in [4.69, 9.17) is 11.6 Å². The number of carbonyl (C=O) groups is 1. The summed E-state index contributed by atoms with van der Waals surface area (Å²) < 4.78 is 13.3. The van der Waals surface area contributed by atoms with E-state index in [1.165, 1.54) is 24.4 Å². The topological polar surface area (TPSA) is 77.5 Å². The summed E-state index contributed by atoms with van der Waals surface area (Å²) in [5, 5.41) is 16.6. The Morgan fingerprint density at radius 2 is 2.10 bits per heavy atom. The number of hydrogen-bond donors (Lipinski definition) is 3. The number of aromatic hydroxyl groups is 1. The van der Waals surface area contributed by atoms with Crippen LogP contribution in [0.5, 0.6) is 5.75 Å². The Labute approximate surface area is 184 Å². The maximum atomic E-state index is 13.3. The van der Waals surface area contributed by atoms with Crippen LogP contribution in [-0.2, 0) is 6.54 Å². The fraction of sp³-hybridized carbons (Fsp3) is 0.217. The summed E-state index contributed by atoms with van der Waals surface area (Å²) in [5.74, 6) is 0.263. The van der Waals surface area contributed by atoms with Gasteiger partial charge in [-0.2, -0.15) is 0 Å². The highest BCUT2D eigenvalue weighted by Gasteiger charge is 2.23. The largest absolute Gasteiger partial charge is 0.508 e. The number of anilines is 2. The van der Waals surface area contributed by atoms with Crippen LogP contribution in [0.15, 0.2) is 60.8 Å². The van der Waals surface area contributed by atoms with Crippen molar-refractivity contribution in [2.45, 2.75) is 19.0 Å². The molecule has 1 amide bonds. The highest BCUT2D eigenvalue weighted by Crippen LogP contribution is 2.23. The van der Waals surface area contributed by atoms with Crippen molar-refractivity contribution < 1.29 is 14.3 Å². The van der Waals surface area contributed by atoms with E-state index in [0.29, 0.717) is 22.8 Å². The molecule has 2 aromatic carbocycles. The van der Waals surface area contributed by atoms with Crippen LogP contribution < -0.4 is 15.5 Å². The van der Waals surface area contributed by atoms with Crippen LogP contribution in [0.2, 0.25) is 5.02 Å². The van der Waals surface area contributed by atoms with E-state index in [1.807, 2.05) is 6.07 Å². The summed E-state index contributed by atoms with van der Waals surface area (Å²) in [6, 6.07) is 14.5. The molecule has 3 aromatic rings. The lowest BCUT2D eigenvalue weighted by Gasteiger charge is -2.18. The van der Waals surface area contributed by atoms with Crippen LogP contribution >= 0.6 is 11.6 Å². The van der Waals surface area contributed by atoms with Crippen molar-refractivity contribution >= 4 is 29.0 Å². The minimum absolute atomic E-state index is 0.223. The second kappa shape index (κ2) is 9.32. The minimum Gasteiger partial charge on any atom is -0.508 e. The van der Waals surface area contributed by atoms with Crippen LogP contribution in [0.4, 0.5) is 15.9 Å². The molecule has 1 aromatic heterocycles. The number of benzene rings is 2. The minimum atomic E-state index is -0.408. The predicted octanol–water partition coefficient (Wildman–Crippen LogP) is 4.20. The molecule has 1 atom stereocenters. The lowest BCUT2D eigenvalue weighted by Crippen LogP contribution is -2.32. The van der Waals surface area contributed by atoms with E-state index in [2.05, 4.69) is 20.5 Å². The molecule has 0 saturated carbocycles. The average Bonchev–Trinajstić information content (AvgIpc) is 3.23. The maximum absolute atomic E-state index is 13.3. The highest BCUT2D eigenvalue weighted by atomic mass is 35.5. The standard InChI is InChI=1S/C23H22ClFN4O2/c24-17-5-6-21(30)16(10-17)13-26-20-8-9-29(14-20)22-7-4-15(12-27-22)23(31)28-19-3-1-2-18(25)11-19/h1-7,10-12,20,26,30H,8-9,13-14H2,(H,28,31)/t20-/m0/s1. The number of nitrogens with one attached hydrogen (secondary N) is 2. The van der Waals surface area contributed by atoms with E-state index >= 15 is 0 Å². The van der Waals surface area contributed by atoms with Gasteiger partial charge in [0.05, 0.1) is 5.56 Å². The monoisotopic (exact) mass is 440 g/mol. The number of amides is 1. The van der Waals surface area contributed by atoms with Crippen LogP contribution in [0.25, 0.3) is 0 Å². The molecule has 0 unspecified atom stereocenters. The molecule has 6 nitrogen and oxygen atoms in total. The zero-order valence-corrected chi connectivity index (χ0v) is 17.4. The molecule has 1 saturated heterocycles. The number of nitrogens with zero attached hydrogens (tertiary/aromatic N) is 2. The molecular formula is C23H22ClFN4O2. The van der Waals surface area contributed by atoms with Crippen molar-refractivity contribution in [3.05, 3.63) is 82.8 Å². The quantitative estimate of drug-likeness (QED) is 0.535. The molecule has 31 heavy (non-hydrogen) atoms. The molecule has 1 aliphatic rings. The summed E-state index contributed by atoms with van der Waals surface area (Å²) in [6.07, 6.45) is 2.46. The van der Waals surface area contributed by atoms with Crippen LogP contribution in [0.1, 0.15) is 22.3 Å². The van der Waals surface area contributed by atoms with E-state index in [0.717, 1.165) is 30.9 Å². The second-order valence-electron chi connectivity index (χ2n) is 7.46. The Morgan fingerprint density at radius 3 is 2.87 bits per heavy atom. The zero-order chi connectivity index (χ0) is 21.8. The highest BCUT2D eigenvalue weighted by molar-refractivity contribution is 6.30. The molecule has 0 bridgehead atoms. The van der Waals surface area contributed by atoms with Crippen molar-refractivity contribution in [2.24, 2.45) is 0 Å².